The zero-order valence-corrected chi connectivity index (χ0v) is 23.4. The molecular weight excluding hydrogens is 552 g/mol. The van der Waals surface area contributed by atoms with E-state index in [1.165, 1.54) is 18.2 Å². The molecule has 11 heteroatoms. The van der Waals surface area contributed by atoms with E-state index in [4.69, 9.17) is 16.3 Å². The quantitative estimate of drug-likeness (QED) is 0.294. The molecule has 0 saturated carbocycles. The van der Waals surface area contributed by atoms with E-state index in [-0.39, 0.29) is 45.5 Å². The van der Waals surface area contributed by atoms with Crippen molar-refractivity contribution in [3.05, 3.63) is 59.9 Å². The largest absolute Gasteiger partial charge is 0.507 e. The predicted molar refractivity (Wildman–Crippen MR) is 153 cm³/mol. The van der Waals surface area contributed by atoms with Crippen LogP contribution in [-0.4, -0.2) is 74.7 Å². The number of phenolic OH excluding ortho intramolecular Hbond substituents is 1. The second-order valence-corrected chi connectivity index (χ2v) is 11.1. The number of imidazole rings is 1. The Labute approximate surface area is 240 Å². The van der Waals surface area contributed by atoms with Gasteiger partial charge >= 0.3 is 0 Å². The zero-order valence-electron chi connectivity index (χ0n) is 22.6. The van der Waals surface area contributed by atoms with Crippen LogP contribution in [-0.2, 0) is 4.79 Å². The maximum absolute atomic E-state index is 16.4. The Morgan fingerprint density at radius 2 is 1.98 bits per heavy atom. The van der Waals surface area contributed by atoms with Gasteiger partial charge in [0, 0.05) is 36.1 Å². The number of phenols is 1. The van der Waals surface area contributed by atoms with E-state index in [2.05, 4.69) is 21.4 Å². The fraction of sp³-hybridized carbons (Fsp3) is 0.367. The van der Waals surface area contributed by atoms with Crippen LogP contribution < -0.4 is 4.74 Å². The third-order valence-electron chi connectivity index (χ3n) is 8.33. The lowest BCUT2D eigenvalue weighted by molar-refractivity contribution is -0.127. The van der Waals surface area contributed by atoms with Crippen molar-refractivity contribution in [1.29, 1.82) is 0 Å². The van der Waals surface area contributed by atoms with Gasteiger partial charge in [0.05, 0.1) is 22.4 Å². The van der Waals surface area contributed by atoms with Gasteiger partial charge in [-0.25, -0.2) is 18.7 Å². The second-order valence-electron chi connectivity index (χ2n) is 10.7. The third-order valence-corrected chi connectivity index (χ3v) is 8.63. The maximum atomic E-state index is 16.4. The molecule has 2 aromatic heterocycles. The smallest absolute Gasteiger partial charge is 0.245 e. The predicted octanol–water partition coefficient (Wildman–Crippen LogP) is 5.71. The van der Waals surface area contributed by atoms with Crippen LogP contribution in [0.3, 0.4) is 0 Å². The second kappa shape index (κ2) is 10.9. The van der Waals surface area contributed by atoms with Gasteiger partial charge in [-0.3, -0.25) is 4.79 Å². The Morgan fingerprint density at radius 1 is 1.20 bits per heavy atom. The molecule has 6 rings (SSSR count). The average molecular weight is 582 g/mol. The van der Waals surface area contributed by atoms with Gasteiger partial charge in [-0.2, -0.15) is 0 Å². The van der Waals surface area contributed by atoms with Crippen molar-refractivity contribution >= 4 is 39.4 Å². The van der Waals surface area contributed by atoms with E-state index in [0.29, 0.717) is 49.0 Å². The summed E-state index contributed by atoms with van der Waals surface area (Å²) in [6.45, 7) is 5.99. The monoisotopic (exact) mass is 581 g/mol. The Balaban J connectivity index is 1.51. The minimum absolute atomic E-state index is 0.0228. The number of benzene rings is 2. The summed E-state index contributed by atoms with van der Waals surface area (Å²) in [4.78, 5) is 25.3. The number of nitrogens with zero attached hydrogens (tertiary/aromatic N) is 5. The number of halogens is 3. The Bertz CT molecular complexity index is 1650. The standard InChI is InChI=1S/C30H30ClF2N5O3/c1-3-23(40)37-12-9-17(10-13-37)38-16-34-28-29(38)19-14-20(31)24(25-21(32)7-4-8-22(25)39)26(33)27(19)35-30(28)41-15-18-6-5-11-36(18)2/h3-4,7-8,14,16-18,39H,1,5-6,9-13,15H2,2H3. The number of aromatic nitrogens is 3. The summed E-state index contributed by atoms with van der Waals surface area (Å²) < 4.78 is 39.4. The van der Waals surface area contributed by atoms with Crippen LogP contribution in [0.15, 0.2) is 43.2 Å². The Hall–Kier alpha value is -3.76. The lowest BCUT2D eigenvalue weighted by Gasteiger charge is -2.32. The van der Waals surface area contributed by atoms with Crippen LogP contribution in [0.5, 0.6) is 11.6 Å². The van der Waals surface area contributed by atoms with Crippen LogP contribution >= 0.6 is 11.6 Å². The minimum atomic E-state index is -0.864. The molecule has 4 aromatic rings. The van der Waals surface area contributed by atoms with Gasteiger partial charge in [0.2, 0.25) is 11.8 Å². The number of carbonyl (C=O) groups is 1. The molecule has 1 atom stereocenters. The number of ether oxygens (including phenoxy) is 1. The summed E-state index contributed by atoms with van der Waals surface area (Å²) in [7, 11) is 2.04. The number of aromatic hydroxyl groups is 1. The topological polar surface area (TPSA) is 83.7 Å². The molecular formula is C30H30ClF2N5O3. The van der Waals surface area contributed by atoms with Crippen LogP contribution in [0, 0.1) is 11.6 Å². The van der Waals surface area contributed by atoms with E-state index in [1.807, 2.05) is 11.6 Å². The number of hydrogen-bond donors (Lipinski definition) is 1. The highest BCUT2D eigenvalue weighted by atomic mass is 35.5. The molecule has 1 N–H and O–H groups in total. The number of hydrogen-bond acceptors (Lipinski definition) is 6. The molecule has 214 valence electrons. The molecule has 4 heterocycles. The van der Waals surface area contributed by atoms with Crippen LogP contribution in [0.2, 0.25) is 5.02 Å². The molecule has 0 aliphatic carbocycles. The van der Waals surface area contributed by atoms with Gasteiger partial charge in [-0.15, -0.1) is 0 Å². The highest BCUT2D eigenvalue weighted by Crippen LogP contribution is 2.44. The van der Waals surface area contributed by atoms with Gasteiger partial charge in [-0.1, -0.05) is 24.2 Å². The number of pyridine rings is 1. The highest BCUT2D eigenvalue weighted by Gasteiger charge is 2.29. The van der Waals surface area contributed by atoms with E-state index in [0.717, 1.165) is 25.5 Å². The molecule has 1 unspecified atom stereocenters. The number of likely N-dealkylation sites (tertiary alicyclic amines) is 2. The number of piperidine rings is 1. The summed E-state index contributed by atoms with van der Waals surface area (Å²) in [6.07, 6.45) is 6.37. The van der Waals surface area contributed by atoms with Gasteiger partial charge in [-0.05, 0) is 63.6 Å². The SMILES string of the molecule is C=CC(=O)N1CCC(n2cnc3c(OCC4CCCN4C)nc4c(F)c(-c5c(O)cccc5F)c(Cl)cc4c32)CC1. The molecule has 2 saturated heterocycles. The molecule has 0 radical (unpaired) electrons. The fourth-order valence-corrected chi connectivity index (χ4v) is 6.35. The molecule has 2 fully saturated rings. The van der Waals surface area contributed by atoms with Crippen molar-refractivity contribution in [2.45, 2.75) is 37.8 Å². The van der Waals surface area contributed by atoms with Gasteiger partial charge in [0.25, 0.3) is 0 Å². The first kappa shape index (κ1) is 27.4. The van der Waals surface area contributed by atoms with Crippen molar-refractivity contribution in [3.8, 4) is 22.8 Å². The van der Waals surface area contributed by atoms with Crippen LogP contribution in [0.4, 0.5) is 8.78 Å². The highest BCUT2D eigenvalue weighted by molar-refractivity contribution is 6.35. The Kier molecular flexibility index (Phi) is 7.29. The summed E-state index contributed by atoms with van der Waals surface area (Å²) in [6, 6.07) is 5.46. The van der Waals surface area contributed by atoms with Gasteiger partial charge in [0.1, 0.15) is 23.7 Å². The number of carbonyl (C=O) groups excluding carboxylic acids is 1. The molecule has 41 heavy (non-hydrogen) atoms. The average Bonchev–Trinajstić information content (AvgIpc) is 3.60. The van der Waals surface area contributed by atoms with Crippen molar-refractivity contribution in [2.75, 3.05) is 33.3 Å². The van der Waals surface area contributed by atoms with Gasteiger partial charge in [0.15, 0.2) is 11.3 Å². The number of fused-ring (bicyclic) bond motifs is 3. The first-order valence-electron chi connectivity index (χ1n) is 13.7. The number of likely N-dealkylation sites (N-methyl/N-ethyl adjacent to an activating group) is 1. The molecule has 0 spiro atoms. The van der Waals surface area contributed by atoms with Crippen molar-refractivity contribution in [1.82, 2.24) is 24.3 Å². The first-order chi connectivity index (χ1) is 19.8. The minimum Gasteiger partial charge on any atom is -0.507 e. The third kappa shape index (κ3) is 4.78. The summed E-state index contributed by atoms with van der Waals surface area (Å²) in [5.74, 6) is -2.04. The summed E-state index contributed by atoms with van der Waals surface area (Å²) >= 11 is 6.60. The molecule has 1 amide bonds. The maximum Gasteiger partial charge on any atom is 0.245 e. The van der Waals surface area contributed by atoms with Crippen LogP contribution in [0.1, 0.15) is 31.7 Å². The van der Waals surface area contributed by atoms with Crippen molar-refractivity contribution < 1.29 is 23.4 Å². The normalized spacial score (nSPS) is 18.4. The zero-order chi connectivity index (χ0) is 28.8. The molecule has 2 aliphatic heterocycles. The summed E-state index contributed by atoms with van der Waals surface area (Å²) in [5, 5.41) is 10.7. The lowest BCUT2D eigenvalue weighted by Crippen LogP contribution is -2.38. The van der Waals surface area contributed by atoms with Crippen molar-refractivity contribution in [2.24, 2.45) is 0 Å². The van der Waals surface area contributed by atoms with E-state index < -0.39 is 17.4 Å². The lowest BCUT2D eigenvalue weighted by atomic mass is 9.99. The molecule has 8 nitrogen and oxygen atoms in total. The molecule has 0 bridgehead atoms. The fourth-order valence-electron chi connectivity index (χ4n) is 6.06. The molecule has 2 aliphatic rings. The van der Waals surface area contributed by atoms with Crippen molar-refractivity contribution in [3.63, 3.8) is 0 Å². The van der Waals surface area contributed by atoms with E-state index in [9.17, 15) is 14.3 Å². The summed E-state index contributed by atoms with van der Waals surface area (Å²) in [5.41, 5.74) is 0.408. The molecule has 2 aromatic carbocycles. The van der Waals surface area contributed by atoms with E-state index in [1.54, 1.807) is 17.3 Å². The first-order valence-corrected chi connectivity index (χ1v) is 14.1. The van der Waals surface area contributed by atoms with E-state index >= 15 is 4.39 Å². The Morgan fingerprint density at radius 3 is 2.66 bits per heavy atom. The van der Waals surface area contributed by atoms with Crippen LogP contribution in [0.25, 0.3) is 33.1 Å². The number of rotatable bonds is 6. The number of amides is 1. The van der Waals surface area contributed by atoms with Gasteiger partial charge < -0.3 is 24.2 Å².